The number of nitrogens with zero attached hydrogens (tertiary/aromatic N) is 1. The second kappa shape index (κ2) is 7.32. The summed E-state index contributed by atoms with van der Waals surface area (Å²) >= 11 is 0. The summed E-state index contributed by atoms with van der Waals surface area (Å²) in [5.74, 6) is -0.183. The van der Waals surface area contributed by atoms with Gasteiger partial charge in [-0.05, 0) is 12.5 Å². The van der Waals surface area contributed by atoms with Crippen LogP contribution in [-0.4, -0.2) is 23.5 Å². The van der Waals surface area contributed by atoms with E-state index in [1.165, 1.54) is 5.01 Å². The van der Waals surface area contributed by atoms with E-state index in [-0.39, 0.29) is 11.9 Å². The molecule has 1 rings (SSSR count). The Morgan fingerprint density at radius 2 is 1.83 bits per heavy atom. The van der Waals surface area contributed by atoms with Crippen LogP contribution in [0.2, 0.25) is 0 Å². The fourth-order valence-corrected chi connectivity index (χ4v) is 1.40. The quantitative estimate of drug-likeness (QED) is 0.797. The first-order valence-corrected chi connectivity index (χ1v) is 6.06. The maximum atomic E-state index is 11.8. The summed E-state index contributed by atoms with van der Waals surface area (Å²) in [6.45, 7) is 4.44. The van der Waals surface area contributed by atoms with E-state index in [0.717, 1.165) is 5.56 Å². The number of hydrogen-bond acceptors (Lipinski definition) is 2. The molecule has 0 fully saturated rings. The molecule has 0 saturated carbocycles. The molecular weight excluding hydrogens is 230 g/mol. The first-order chi connectivity index (χ1) is 8.67. The number of benzene rings is 1. The van der Waals surface area contributed by atoms with Crippen molar-refractivity contribution in [3.05, 3.63) is 35.9 Å². The third-order valence-corrected chi connectivity index (χ3v) is 2.34. The molecule has 0 aromatic heterocycles. The van der Waals surface area contributed by atoms with Crippen molar-refractivity contribution >= 4 is 11.9 Å². The van der Waals surface area contributed by atoms with Gasteiger partial charge >= 0.3 is 6.03 Å². The lowest BCUT2D eigenvalue weighted by atomic mass is 10.2. The molecule has 0 spiro atoms. The van der Waals surface area contributed by atoms with Gasteiger partial charge in [-0.1, -0.05) is 37.3 Å². The summed E-state index contributed by atoms with van der Waals surface area (Å²) in [6.07, 6.45) is 0.338. The van der Waals surface area contributed by atoms with Crippen LogP contribution in [-0.2, 0) is 11.3 Å². The van der Waals surface area contributed by atoms with Gasteiger partial charge in [0.25, 0.3) is 0 Å². The van der Waals surface area contributed by atoms with Crippen LogP contribution in [0.5, 0.6) is 0 Å². The second-order valence-electron chi connectivity index (χ2n) is 3.80. The molecule has 0 saturated heterocycles. The molecule has 0 heterocycles. The van der Waals surface area contributed by atoms with Gasteiger partial charge in [0.1, 0.15) is 0 Å². The molecule has 5 nitrogen and oxygen atoms in total. The number of rotatable bonds is 4. The average Bonchev–Trinajstić information content (AvgIpc) is 2.39. The normalized spacial score (nSPS) is 9.67. The lowest BCUT2D eigenvalue weighted by molar-refractivity contribution is -0.124. The zero-order chi connectivity index (χ0) is 13.4. The number of hydrazine groups is 1. The number of carbonyl (C=O) groups excluding carboxylic acids is 2. The van der Waals surface area contributed by atoms with Gasteiger partial charge in [-0.15, -0.1) is 0 Å². The molecule has 0 unspecified atom stereocenters. The number of carbonyl (C=O) groups is 2. The van der Waals surface area contributed by atoms with Crippen molar-refractivity contribution in [3.63, 3.8) is 0 Å². The van der Waals surface area contributed by atoms with Crippen LogP contribution in [0.25, 0.3) is 0 Å². The molecule has 1 aromatic rings. The minimum absolute atomic E-state index is 0.183. The van der Waals surface area contributed by atoms with E-state index in [1.54, 1.807) is 6.92 Å². The summed E-state index contributed by atoms with van der Waals surface area (Å²) < 4.78 is 0. The minimum Gasteiger partial charge on any atom is -0.337 e. The molecule has 0 aliphatic rings. The highest BCUT2D eigenvalue weighted by Gasteiger charge is 2.14. The average molecular weight is 249 g/mol. The summed E-state index contributed by atoms with van der Waals surface area (Å²) in [5, 5.41) is 3.96. The van der Waals surface area contributed by atoms with Gasteiger partial charge in [0.05, 0.1) is 6.54 Å². The van der Waals surface area contributed by atoms with Crippen LogP contribution < -0.4 is 10.7 Å². The van der Waals surface area contributed by atoms with Crippen LogP contribution in [0, 0.1) is 0 Å². The van der Waals surface area contributed by atoms with Gasteiger partial charge in [-0.3, -0.25) is 10.2 Å². The third kappa shape index (κ3) is 4.45. The Hall–Kier alpha value is -2.04. The highest BCUT2D eigenvalue weighted by molar-refractivity contribution is 5.80. The first kappa shape index (κ1) is 14.0. The molecule has 5 heteroatoms. The molecule has 0 aliphatic heterocycles. The van der Waals surface area contributed by atoms with E-state index in [1.807, 2.05) is 37.3 Å². The van der Waals surface area contributed by atoms with Crippen LogP contribution in [0.1, 0.15) is 25.8 Å². The van der Waals surface area contributed by atoms with Crippen molar-refractivity contribution in [3.8, 4) is 0 Å². The topological polar surface area (TPSA) is 61.4 Å². The van der Waals surface area contributed by atoms with E-state index < -0.39 is 0 Å². The molecule has 18 heavy (non-hydrogen) atoms. The molecular formula is C13H19N3O2. The van der Waals surface area contributed by atoms with Gasteiger partial charge in [-0.2, -0.15) is 0 Å². The predicted octanol–water partition coefficient (Wildman–Crippen LogP) is 1.66. The Balaban J connectivity index is 2.71. The van der Waals surface area contributed by atoms with Crippen LogP contribution in [0.4, 0.5) is 4.79 Å². The summed E-state index contributed by atoms with van der Waals surface area (Å²) in [6, 6.07) is 9.21. The Bertz CT molecular complexity index is 392. The first-order valence-electron chi connectivity index (χ1n) is 6.06. The fraction of sp³-hybridized carbons (Fsp3) is 0.385. The maximum absolute atomic E-state index is 11.8. The van der Waals surface area contributed by atoms with E-state index in [4.69, 9.17) is 0 Å². The van der Waals surface area contributed by atoms with Gasteiger partial charge in [0, 0.05) is 13.0 Å². The third-order valence-electron chi connectivity index (χ3n) is 2.34. The van der Waals surface area contributed by atoms with Gasteiger partial charge in [0.2, 0.25) is 5.91 Å². The Morgan fingerprint density at radius 1 is 1.17 bits per heavy atom. The molecule has 1 aromatic carbocycles. The van der Waals surface area contributed by atoms with Crippen LogP contribution in [0.15, 0.2) is 30.3 Å². The summed E-state index contributed by atoms with van der Waals surface area (Å²) in [7, 11) is 0. The Labute approximate surface area is 107 Å². The zero-order valence-corrected chi connectivity index (χ0v) is 10.8. The SMILES string of the molecule is CCNC(=O)N(Cc1ccccc1)NC(=O)CC. The minimum atomic E-state index is -0.303. The molecule has 98 valence electrons. The van der Waals surface area contributed by atoms with Gasteiger partial charge in [0.15, 0.2) is 0 Å². The predicted molar refractivity (Wildman–Crippen MR) is 69.5 cm³/mol. The summed E-state index contributed by atoms with van der Waals surface area (Å²) in [5.41, 5.74) is 3.54. The lowest BCUT2D eigenvalue weighted by Crippen LogP contribution is -2.49. The van der Waals surface area contributed by atoms with Gasteiger partial charge < -0.3 is 5.32 Å². The number of urea groups is 1. The Kier molecular flexibility index (Phi) is 5.70. The standard InChI is InChI=1S/C13H19N3O2/c1-3-12(17)15-16(13(18)14-4-2)10-11-8-6-5-7-9-11/h5-9H,3-4,10H2,1-2H3,(H,14,18)(H,15,17). The smallest absolute Gasteiger partial charge is 0.336 e. The van der Waals surface area contributed by atoms with Crippen molar-refractivity contribution in [1.82, 2.24) is 15.8 Å². The molecule has 0 aliphatic carbocycles. The van der Waals surface area contributed by atoms with Crippen molar-refractivity contribution in [2.75, 3.05) is 6.54 Å². The fourth-order valence-electron chi connectivity index (χ4n) is 1.40. The largest absolute Gasteiger partial charge is 0.337 e. The van der Waals surface area contributed by atoms with Crippen LogP contribution >= 0.6 is 0 Å². The number of nitrogens with one attached hydrogen (secondary N) is 2. The molecule has 0 radical (unpaired) electrons. The number of amides is 3. The van der Waals surface area contributed by atoms with Crippen molar-refractivity contribution < 1.29 is 9.59 Å². The van der Waals surface area contributed by atoms with Crippen LogP contribution in [0.3, 0.4) is 0 Å². The maximum Gasteiger partial charge on any atom is 0.336 e. The monoisotopic (exact) mass is 249 g/mol. The zero-order valence-electron chi connectivity index (χ0n) is 10.8. The van der Waals surface area contributed by atoms with Crippen molar-refractivity contribution in [2.24, 2.45) is 0 Å². The lowest BCUT2D eigenvalue weighted by Gasteiger charge is -2.23. The molecule has 0 atom stereocenters. The van der Waals surface area contributed by atoms with E-state index in [9.17, 15) is 9.59 Å². The van der Waals surface area contributed by atoms with E-state index in [2.05, 4.69) is 10.7 Å². The highest BCUT2D eigenvalue weighted by atomic mass is 16.2. The van der Waals surface area contributed by atoms with E-state index in [0.29, 0.717) is 19.5 Å². The highest BCUT2D eigenvalue weighted by Crippen LogP contribution is 2.02. The number of hydrogen-bond donors (Lipinski definition) is 2. The van der Waals surface area contributed by atoms with E-state index >= 15 is 0 Å². The summed E-state index contributed by atoms with van der Waals surface area (Å²) in [4.78, 5) is 23.2. The van der Waals surface area contributed by atoms with Gasteiger partial charge in [-0.25, -0.2) is 9.80 Å². The Morgan fingerprint density at radius 3 is 2.39 bits per heavy atom. The molecule has 0 bridgehead atoms. The van der Waals surface area contributed by atoms with Crippen molar-refractivity contribution in [2.45, 2.75) is 26.8 Å². The van der Waals surface area contributed by atoms with Crippen molar-refractivity contribution in [1.29, 1.82) is 0 Å². The molecule has 3 amide bonds. The second-order valence-corrected chi connectivity index (χ2v) is 3.80. The molecule has 2 N–H and O–H groups in total.